The summed E-state index contributed by atoms with van der Waals surface area (Å²) in [4.78, 5) is 5.20. The number of rotatable bonds is 4. The van der Waals surface area contributed by atoms with Crippen molar-refractivity contribution in [2.24, 2.45) is 0 Å². The van der Waals surface area contributed by atoms with Crippen LogP contribution in [0.15, 0.2) is 12.1 Å². The molecule has 3 nitrogen and oxygen atoms in total. The number of anilines is 1. The number of hydrogen-bond acceptors (Lipinski definition) is 2. The van der Waals surface area contributed by atoms with Crippen molar-refractivity contribution < 1.29 is 4.84 Å². The van der Waals surface area contributed by atoms with E-state index in [0.717, 1.165) is 11.9 Å². The molecule has 1 rings (SSSR count). The first-order chi connectivity index (χ1) is 7.10. The van der Waals surface area contributed by atoms with Crippen molar-refractivity contribution in [2.75, 3.05) is 11.7 Å². The maximum absolute atomic E-state index is 7.19. The van der Waals surface area contributed by atoms with Crippen molar-refractivity contribution in [1.29, 1.82) is 5.41 Å². The highest BCUT2D eigenvalue weighted by atomic mass is 35.5. The van der Waals surface area contributed by atoms with Crippen LogP contribution in [0.1, 0.15) is 12.5 Å². The van der Waals surface area contributed by atoms with Crippen LogP contribution in [0.4, 0.5) is 5.69 Å². The second kappa shape index (κ2) is 5.35. The molecule has 0 spiro atoms. The number of halogens is 2. The highest BCUT2D eigenvalue weighted by Gasteiger charge is 2.09. The van der Waals surface area contributed by atoms with Gasteiger partial charge < -0.3 is 0 Å². The van der Waals surface area contributed by atoms with Gasteiger partial charge in [0.2, 0.25) is 0 Å². The summed E-state index contributed by atoms with van der Waals surface area (Å²) in [6.45, 7) is 4.15. The van der Waals surface area contributed by atoms with Gasteiger partial charge in [-0.2, -0.15) is 0 Å². The summed E-state index contributed by atoms with van der Waals surface area (Å²) in [5.41, 5.74) is 1.47. The van der Waals surface area contributed by atoms with Gasteiger partial charge in [0.15, 0.2) is 0 Å². The van der Waals surface area contributed by atoms with Crippen LogP contribution < -0.4 is 5.06 Å². The highest BCUT2D eigenvalue weighted by Crippen LogP contribution is 2.29. The molecule has 0 heterocycles. The van der Waals surface area contributed by atoms with E-state index in [1.54, 1.807) is 12.1 Å². The van der Waals surface area contributed by atoms with E-state index in [9.17, 15) is 0 Å². The quantitative estimate of drug-likeness (QED) is 0.500. The fourth-order valence-electron chi connectivity index (χ4n) is 1.08. The Labute approximate surface area is 99.0 Å². The molecule has 1 N–H and O–H groups in total. The van der Waals surface area contributed by atoms with Crippen LogP contribution in [-0.4, -0.2) is 12.9 Å². The maximum atomic E-state index is 7.19. The zero-order valence-electron chi connectivity index (χ0n) is 8.55. The molecule has 0 fully saturated rings. The molecular weight excluding hydrogens is 235 g/mol. The molecule has 0 aliphatic heterocycles. The lowest BCUT2D eigenvalue weighted by Crippen LogP contribution is -2.20. The van der Waals surface area contributed by atoms with Crippen LogP contribution in [0.25, 0.3) is 0 Å². The molecule has 0 saturated heterocycles. The van der Waals surface area contributed by atoms with Gasteiger partial charge in [-0.15, -0.1) is 0 Å². The van der Waals surface area contributed by atoms with Crippen LogP contribution in [0.5, 0.6) is 0 Å². The van der Waals surface area contributed by atoms with Crippen molar-refractivity contribution in [3.63, 3.8) is 0 Å². The Morgan fingerprint density at radius 2 is 1.93 bits per heavy atom. The average Bonchev–Trinajstić information content (AvgIpc) is 2.22. The number of hydroxylamine groups is 1. The number of benzene rings is 1. The topological polar surface area (TPSA) is 36.3 Å². The molecule has 0 aliphatic rings. The van der Waals surface area contributed by atoms with Gasteiger partial charge in [0.1, 0.15) is 6.34 Å². The molecule has 0 aromatic heterocycles. The highest BCUT2D eigenvalue weighted by molar-refractivity contribution is 6.36. The Hall–Kier alpha value is -0.770. The first-order valence-corrected chi connectivity index (χ1v) is 5.24. The first-order valence-electron chi connectivity index (χ1n) is 4.48. The van der Waals surface area contributed by atoms with Crippen molar-refractivity contribution in [1.82, 2.24) is 0 Å². The largest absolute Gasteiger partial charge is 0.289 e. The second-order valence-electron chi connectivity index (χ2n) is 2.91. The summed E-state index contributed by atoms with van der Waals surface area (Å²) in [5, 5.41) is 9.62. The predicted molar refractivity (Wildman–Crippen MR) is 64.1 cm³/mol. The van der Waals surface area contributed by atoms with Gasteiger partial charge in [-0.3, -0.25) is 10.2 Å². The van der Waals surface area contributed by atoms with E-state index in [1.165, 1.54) is 5.06 Å². The number of nitrogens with one attached hydrogen (secondary N) is 1. The van der Waals surface area contributed by atoms with Gasteiger partial charge in [0, 0.05) is 10.0 Å². The lowest BCUT2D eigenvalue weighted by Gasteiger charge is -2.18. The normalized spacial score (nSPS) is 10.1. The van der Waals surface area contributed by atoms with E-state index < -0.39 is 0 Å². The van der Waals surface area contributed by atoms with Crippen LogP contribution in [0, 0.1) is 12.3 Å². The minimum atomic E-state index is 0.471. The van der Waals surface area contributed by atoms with E-state index in [2.05, 4.69) is 0 Å². The molecule has 0 aliphatic carbocycles. The van der Waals surface area contributed by atoms with Crippen LogP contribution in [-0.2, 0) is 4.84 Å². The maximum Gasteiger partial charge on any atom is 0.113 e. The molecule has 82 valence electrons. The molecule has 1 aromatic carbocycles. The lowest BCUT2D eigenvalue weighted by atomic mass is 10.2. The molecule has 0 radical (unpaired) electrons. The van der Waals surface area contributed by atoms with Gasteiger partial charge in [-0.25, -0.2) is 5.06 Å². The molecule has 0 amide bonds. The Bertz CT molecular complexity index is 345. The Morgan fingerprint density at radius 1 is 1.40 bits per heavy atom. The summed E-state index contributed by atoms with van der Waals surface area (Å²) in [7, 11) is 0. The summed E-state index contributed by atoms with van der Waals surface area (Å²) >= 11 is 12.0. The molecule has 1 aromatic rings. The third kappa shape index (κ3) is 2.84. The smallest absolute Gasteiger partial charge is 0.113 e. The monoisotopic (exact) mass is 246 g/mol. The van der Waals surface area contributed by atoms with E-state index >= 15 is 0 Å². The third-order valence-electron chi connectivity index (χ3n) is 1.91. The van der Waals surface area contributed by atoms with E-state index in [0.29, 0.717) is 22.3 Å². The Morgan fingerprint density at radius 3 is 2.33 bits per heavy atom. The Balaban J connectivity index is 3.08. The van der Waals surface area contributed by atoms with Gasteiger partial charge >= 0.3 is 0 Å². The van der Waals surface area contributed by atoms with E-state index in [-0.39, 0.29) is 0 Å². The van der Waals surface area contributed by atoms with Crippen LogP contribution in [0.3, 0.4) is 0 Å². The molecule has 15 heavy (non-hydrogen) atoms. The van der Waals surface area contributed by atoms with Crippen LogP contribution in [0.2, 0.25) is 10.0 Å². The molecule has 0 saturated carbocycles. The molecule has 0 unspecified atom stereocenters. The SMILES string of the molecule is CCON(C=N)c1cc(Cl)c(C)c(Cl)c1. The molecule has 0 atom stereocenters. The van der Waals surface area contributed by atoms with Crippen molar-refractivity contribution in [2.45, 2.75) is 13.8 Å². The zero-order valence-corrected chi connectivity index (χ0v) is 10.1. The molecule has 5 heteroatoms. The third-order valence-corrected chi connectivity index (χ3v) is 2.69. The van der Waals surface area contributed by atoms with Crippen LogP contribution >= 0.6 is 23.2 Å². The molecule has 0 bridgehead atoms. The fourth-order valence-corrected chi connectivity index (χ4v) is 1.56. The van der Waals surface area contributed by atoms with Gasteiger partial charge in [-0.05, 0) is 31.5 Å². The number of nitrogens with zero attached hydrogens (tertiary/aromatic N) is 1. The first kappa shape index (κ1) is 12.3. The summed E-state index contributed by atoms with van der Waals surface area (Å²) in [6, 6.07) is 3.42. The summed E-state index contributed by atoms with van der Waals surface area (Å²) < 4.78 is 0. The van der Waals surface area contributed by atoms with E-state index in [1.807, 2.05) is 13.8 Å². The zero-order chi connectivity index (χ0) is 11.4. The average molecular weight is 247 g/mol. The summed E-state index contributed by atoms with van der Waals surface area (Å²) in [5.74, 6) is 0. The fraction of sp³-hybridized carbons (Fsp3) is 0.300. The second-order valence-corrected chi connectivity index (χ2v) is 3.72. The standard InChI is InChI=1S/C10H12Cl2N2O/c1-3-15-14(6-13)8-4-9(11)7(2)10(12)5-8/h4-6,13H,3H2,1-2H3. The van der Waals surface area contributed by atoms with Gasteiger partial charge in [-0.1, -0.05) is 23.2 Å². The number of hydrogen-bond donors (Lipinski definition) is 1. The van der Waals surface area contributed by atoms with Crippen molar-refractivity contribution in [3.05, 3.63) is 27.7 Å². The minimum Gasteiger partial charge on any atom is -0.289 e. The predicted octanol–water partition coefficient (Wildman–Crippen LogP) is 3.67. The minimum absolute atomic E-state index is 0.471. The van der Waals surface area contributed by atoms with Crippen molar-refractivity contribution in [3.8, 4) is 0 Å². The molecular formula is C10H12Cl2N2O. The van der Waals surface area contributed by atoms with Crippen molar-refractivity contribution >= 4 is 35.2 Å². The Kier molecular flexibility index (Phi) is 4.39. The van der Waals surface area contributed by atoms with Gasteiger partial charge in [0.25, 0.3) is 0 Å². The van der Waals surface area contributed by atoms with E-state index in [4.69, 9.17) is 33.4 Å². The van der Waals surface area contributed by atoms with Gasteiger partial charge in [0.05, 0.1) is 12.3 Å². The lowest BCUT2D eigenvalue weighted by molar-refractivity contribution is 0.159. The summed E-state index contributed by atoms with van der Waals surface area (Å²) in [6.07, 6.45) is 1.07.